The van der Waals surface area contributed by atoms with Crippen molar-refractivity contribution in [1.82, 2.24) is 0 Å². The SMILES string of the molecule is CC[Si](CC)(CC)OC12CCC=CC1=CC1=CC[C@H](C(C)C)[C@@]1(C)CC2. The molecule has 26 heavy (non-hydrogen) atoms. The molecule has 3 aliphatic carbocycles. The standard InChI is InChI=1S/C24H40OSi/c1-7-26(8-2,9-3)25-24-15-11-10-12-21(24)18-20-13-14-22(19(4)5)23(20,6)16-17-24/h10,12-13,18-19,22H,7-9,11,14-17H2,1-6H3/t22-,23+,24?/m1/s1. The molecule has 0 aromatic rings. The summed E-state index contributed by atoms with van der Waals surface area (Å²) in [5, 5.41) is 0. The number of fused-ring (bicyclic) bond motifs is 2. The average molecular weight is 373 g/mol. The highest BCUT2D eigenvalue weighted by molar-refractivity contribution is 6.73. The zero-order valence-corrected chi connectivity index (χ0v) is 19.0. The van der Waals surface area contributed by atoms with Crippen LogP contribution in [0.3, 0.4) is 0 Å². The molecular weight excluding hydrogens is 332 g/mol. The van der Waals surface area contributed by atoms with E-state index in [0.717, 1.165) is 11.8 Å². The normalized spacial score (nSPS) is 34.2. The second kappa shape index (κ2) is 7.43. The fraction of sp³-hybridized carbons (Fsp3) is 0.750. The minimum atomic E-state index is -1.64. The zero-order valence-electron chi connectivity index (χ0n) is 18.0. The van der Waals surface area contributed by atoms with Gasteiger partial charge in [-0.15, -0.1) is 0 Å². The van der Waals surface area contributed by atoms with Gasteiger partial charge in [0.05, 0.1) is 5.60 Å². The Labute approximate surface area is 163 Å². The minimum absolute atomic E-state index is 0.0152. The van der Waals surface area contributed by atoms with E-state index in [2.05, 4.69) is 65.8 Å². The second-order valence-corrected chi connectivity index (χ2v) is 14.2. The predicted octanol–water partition coefficient (Wildman–Crippen LogP) is 7.43. The summed E-state index contributed by atoms with van der Waals surface area (Å²) in [5.41, 5.74) is 3.39. The van der Waals surface area contributed by atoms with Gasteiger partial charge in [-0.2, -0.15) is 0 Å². The van der Waals surface area contributed by atoms with Gasteiger partial charge in [0.2, 0.25) is 0 Å². The summed E-state index contributed by atoms with van der Waals surface area (Å²) < 4.78 is 7.30. The first-order chi connectivity index (χ1) is 12.3. The first kappa shape index (κ1) is 20.1. The van der Waals surface area contributed by atoms with Gasteiger partial charge in [0, 0.05) is 0 Å². The van der Waals surface area contributed by atoms with Crippen LogP contribution in [0.2, 0.25) is 18.1 Å². The molecule has 0 aromatic heterocycles. The topological polar surface area (TPSA) is 9.23 Å². The Morgan fingerprint density at radius 3 is 2.38 bits per heavy atom. The highest BCUT2D eigenvalue weighted by Gasteiger charge is 2.50. The summed E-state index contributed by atoms with van der Waals surface area (Å²) >= 11 is 0. The Morgan fingerprint density at radius 1 is 1.08 bits per heavy atom. The van der Waals surface area contributed by atoms with Crippen molar-refractivity contribution >= 4 is 8.32 Å². The third-order valence-electron chi connectivity index (χ3n) is 8.12. The van der Waals surface area contributed by atoms with E-state index in [1.165, 1.54) is 55.8 Å². The summed E-state index contributed by atoms with van der Waals surface area (Å²) in [4.78, 5) is 0. The van der Waals surface area contributed by atoms with Crippen LogP contribution in [0, 0.1) is 17.3 Å². The third-order valence-corrected chi connectivity index (χ3v) is 12.8. The van der Waals surface area contributed by atoms with E-state index >= 15 is 0 Å². The Bertz CT molecular complexity index is 601. The molecule has 0 saturated carbocycles. The van der Waals surface area contributed by atoms with Crippen LogP contribution in [-0.4, -0.2) is 13.9 Å². The first-order valence-electron chi connectivity index (χ1n) is 11.1. The summed E-state index contributed by atoms with van der Waals surface area (Å²) in [6.07, 6.45) is 15.9. The van der Waals surface area contributed by atoms with Crippen molar-refractivity contribution < 1.29 is 4.43 Å². The van der Waals surface area contributed by atoms with Crippen LogP contribution in [0.1, 0.15) is 73.6 Å². The molecule has 0 aliphatic heterocycles. The van der Waals surface area contributed by atoms with E-state index in [1.54, 1.807) is 5.57 Å². The van der Waals surface area contributed by atoms with Gasteiger partial charge in [-0.25, -0.2) is 0 Å². The van der Waals surface area contributed by atoms with Crippen molar-refractivity contribution in [2.24, 2.45) is 17.3 Å². The molecule has 3 rings (SSSR count). The quantitative estimate of drug-likeness (QED) is 0.441. The molecule has 0 fully saturated rings. The Kier molecular flexibility index (Phi) is 5.76. The van der Waals surface area contributed by atoms with Crippen molar-refractivity contribution in [2.75, 3.05) is 0 Å². The number of rotatable bonds is 6. The monoisotopic (exact) mass is 372 g/mol. The first-order valence-corrected chi connectivity index (χ1v) is 13.7. The molecule has 146 valence electrons. The average Bonchev–Trinajstić information content (AvgIpc) is 2.91. The lowest BCUT2D eigenvalue weighted by atomic mass is 9.68. The summed E-state index contributed by atoms with van der Waals surface area (Å²) in [7, 11) is -1.64. The summed E-state index contributed by atoms with van der Waals surface area (Å²) in [6.45, 7) is 14.4. The lowest BCUT2D eigenvalue weighted by Crippen LogP contribution is -2.49. The molecule has 1 nitrogen and oxygen atoms in total. The Balaban J connectivity index is 2.01. The highest BCUT2D eigenvalue weighted by Crippen LogP contribution is 2.56. The number of hydrogen-bond donors (Lipinski definition) is 0. The molecule has 0 saturated heterocycles. The van der Waals surface area contributed by atoms with Gasteiger partial charge in [0.1, 0.15) is 0 Å². The summed E-state index contributed by atoms with van der Waals surface area (Å²) in [6, 6.07) is 3.73. The van der Waals surface area contributed by atoms with E-state index in [4.69, 9.17) is 4.43 Å². The van der Waals surface area contributed by atoms with E-state index in [-0.39, 0.29) is 5.60 Å². The van der Waals surface area contributed by atoms with Crippen molar-refractivity contribution in [2.45, 2.75) is 97.4 Å². The Hall–Kier alpha value is -0.603. The molecule has 0 aromatic carbocycles. The van der Waals surface area contributed by atoms with Crippen molar-refractivity contribution in [3.63, 3.8) is 0 Å². The fourth-order valence-corrected chi connectivity index (χ4v) is 9.05. The maximum Gasteiger partial charge on any atom is 0.193 e. The van der Waals surface area contributed by atoms with Gasteiger partial charge in [-0.05, 0) is 78.6 Å². The van der Waals surface area contributed by atoms with Crippen molar-refractivity contribution in [3.05, 3.63) is 35.5 Å². The second-order valence-electron chi connectivity index (χ2n) is 9.54. The van der Waals surface area contributed by atoms with Crippen LogP contribution in [0.5, 0.6) is 0 Å². The molecule has 0 amide bonds. The molecule has 3 aliphatic rings. The van der Waals surface area contributed by atoms with Crippen LogP contribution < -0.4 is 0 Å². The van der Waals surface area contributed by atoms with E-state index < -0.39 is 8.32 Å². The maximum absolute atomic E-state index is 7.30. The smallest absolute Gasteiger partial charge is 0.193 e. The van der Waals surface area contributed by atoms with E-state index in [0.29, 0.717) is 5.41 Å². The van der Waals surface area contributed by atoms with Gasteiger partial charge in [0.15, 0.2) is 8.32 Å². The summed E-state index contributed by atoms with van der Waals surface area (Å²) in [5.74, 6) is 1.52. The lowest BCUT2D eigenvalue weighted by molar-refractivity contribution is 0.0585. The van der Waals surface area contributed by atoms with Crippen LogP contribution in [-0.2, 0) is 4.43 Å². The van der Waals surface area contributed by atoms with Crippen molar-refractivity contribution in [3.8, 4) is 0 Å². The van der Waals surface area contributed by atoms with Crippen LogP contribution in [0.25, 0.3) is 0 Å². The van der Waals surface area contributed by atoms with Crippen LogP contribution in [0.4, 0.5) is 0 Å². The maximum atomic E-state index is 7.30. The molecular formula is C24H40OSi. The van der Waals surface area contributed by atoms with Crippen LogP contribution >= 0.6 is 0 Å². The Morgan fingerprint density at radius 2 is 1.77 bits per heavy atom. The predicted molar refractivity (Wildman–Crippen MR) is 116 cm³/mol. The number of hydrogen-bond acceptors (Lipinski definition) is 1. The molecule has 0 radical (unpaired) electrons. The fourth-order valence-electron chi connectivity index (χ4n) is 5.97. The highest BCUT2D eigenvalue weighted by atomic mass is 28.4. The molecule has 0 heterocycles. The van der Waals surface area contributed by atoms with Gasteiger partial charge in [0.25, 0.3) is 0 Å². The van der Waals surface area contributed by atoms with E-state index in [9.17, 15) is 0 Å². The third kappa shape index (κ3) is 3.22. The van der Waals surface area contributed by atoms with Gasteiger partial charge in [-0.1, -0.05) is 65.8 Å². The zero-order chi connectivity index (χ0) is 19.0. The van der Waals surface area contributed by atoms with Crippen molar-refractivity contribution in [1.29, 1.82) is 0 Å². The van der Waals surface area contributed by atoms with E-state index in [1.807, 2.05) is 0 Å². The number of allylic oxidation sites excluding steroid dienone is 4. The lowest BCUT2D eigenvalue weighted by Gasteiger charge is -2.45. The minimum Gasteiger partial charge on any atom is -0.407 e. The molecule has 2 heteroatoms. The molecule has 0 N–H and O–H groups in total. The van der Waals surface area contributed by atoms with Gasteiger partial charge >= 0.3 is 0 Å². The molecule has 1 unspecified atom stereocenters. The van der Waals surface area contributed by atoms with Gasteiger partial charge in [-0.3, -0.25) is 0 Å². The van der Waals surface area contributed by atoms with Crippen LogP contribution in [0.15, 0.2) is 35.5 Å². The molecule has 3 atom stereocenters. The molecule has 0 spiro atoms. The largest absolute Gasteiger partial charge is 0.407 e. The molecule has 0 bridgehead atoms. The van der Waals surface area contributed by atoms with Gasteiger partial charge < -0.3 is 4.43 Å².